The van der Waals surface area contributed by atoms with Crippen molar-refractivity contribution in [1.29, 1.82) is 0 Å². The van der Waals surface area contributed by atoms with Gasteiger partial charge in [-0.25, -0.2) is 8.42 Å². The van der Waals surface area contributed by atoms with Crippen LogP contribution in [0.2, 0.25) is 0 Å². The van der Waals surface area contributed by atoms with Crippen LogP contribution in [0.1, 0.15) is 34.8 Å². The number of hydrogen-bond acceptors (Lipinski definition) is 4. The van der Waals surface area contributed by atoms with Gasteiger partial charge in [-0.1, -0.05) is 25.1 Å². The lowest BCUT2D eigenvalue weighted by molar-refractivity contribution is 0.102. The molecule has 0 fully saturated rings. The monoisotopic (exact) mass is 423 g/mol. The fourth-order valence-corrected chi connectivity index (χ4v) is 4.30. The number of rotatable bonds is 6. The van der Waals surface area contributed by atoms with E-state index in [1.807, 2.05) is 31.2 Å². The van der Waals surface area contributed by atoms with Crippen molar-refractivity contribution in [3.05, 3.63) is 59.2 Å². The van der Waals surface area contributed by atoms with Gasteiger partial charge < -0.3 is 10.6 Å². The standard InChI is InChI=1S/C20H25N3O3S.ClH/c1-3-21-14-17-7-4-5-9-18(17)22-20(24)16-10-11-19-15(13-16)8-6-12-23(19)27(2,25)26;/h4-5,7,9-11,13,21H,3,6,8,12,14H2,1-2H3,(H,22,24);1H. The number of anilines is 2. The predicted octanol–water partition coefficient (Wildman–Crippen LogP) is 3.18. The summed E-state index contributed by atoms with van der Waals surface area (Å²) in [6, 6.07) is 12.9. The Hall–Kier alpha value is -2.09. The number of halogens is 1. The number of nitrogens with zero attached hydrogens (tertiary/aromatic N) is 1. The second kappa shape index (κ2) is 9.41. The van der Waals surface area contributed by atoms with E-state index in [-0.39, 0.29) is 18.3 Å². The molecule has 2 N–H and O–H groups in total. The molecular formula is C20H26ClN3O3S. The highest BCUT2D eigenvalue weighted by Crippen LogP contribution is 2.30. The SMILES string of the molecule is CCNCc1ccccc1NC(=O)c1ccc2c(c1)CCCN2S(C)(=O)=O.Cl. The van der Waals surface area contributed by atoms with E-state index in [1.54, 1.807) is 18.2 Å². The van der Waals surface area contributed by atoms with Gasteiger partial charge in [0.05, 0.1) is 11.9 Å². The van der Waals surface area contributed by atoms with Crippen LogP contribution in [0, 0.1) is 0 Å². The second-order valence-electron chi connectivity index (χ2n) is 6.67. The van der Waals surface area contributed by atoms with Crippen LogP contribution in [0.5, 0.6) is 0 Å². The average Bonchev–Trinajstić information content (AvgIpc) is 2.65. The fraction of sp³-hybridized carbons (Fsp3) is 0.350. The summed E-state index contributed by atoms with van der Waals surface area (Å²) < 4.78 is 25.4. The molecule has 152 valence electrons. The number of aryl methyl sites for hydroxylation is 1. The maximum Gasteiger partial charge on any atom is 0.255 e. The molecule has 6 nitrogen and oxygen atoms in total. The first-order chi connectivity index (χ1) is 12.9. The van der Waals surface area contributed by atoms with Crippen molar-refractivity contribution in [3.8, 4) is 0 Å². The second-order valence-corrected chi connectivity index (χ2v) is 8.58. The molecule has 1 heterocycles. The number of hydrogen-bond donors (Lipinski definition) is 2. The normalized spacial score (nSPS) is 13.4. The van der Waals surface area contributed by atoms with Crippen molar-refractivity contribution in [2.75, 3.05) is 29.0 Å². The van der Waals surface area contributed by atoms with Crippen molar-refractivity contribution < 1.29 is 13.2 Å². The van der Waals surface area contributed by atoms with Crippen LogP contribution in [0.4, 0.5) is 11.4 Å². The minimum absolute atomic E-state index is 0. The Kier molecular flexibility index (Phi) is 7.46. The molecule has 0 aliphatic carbocycles. The predicted molar refractivity (Wildman–Crippen MR) is 116 cm³/mol. The molecule has 2 aromatic rings. The molecule has 1 amide bonds. The number of fused-ring (bicyclic) bond motifs is 1. The lowest BCUT2D eigenvalue weighted by Crippen LogP contribution is -2.34. The molecule has 0 unspecified atom stereocenters. The van der Waals surface area contributed by atoms with Crippen molar-refractivity contribution in [3.63, 3.8) is 0 Å². The minimum Gasteiger partial charge on any atom is -0.322 e. The van der Waals surface area contributed by atoms with Crippen molar-refractivity contribution in [2.24, 2.45) is 0 Å². The highest BCUT2D eigenvalue weighted by molar-refractivity contribution is 7.92. The third kappa shape index (κ3) is 5.04. The topological polar surface area (TPSA) is 78.5 Å². The highest BCUT2D eigenvalue weighted by Gasteiger charge is 2.24. The third-order valence-electron chi connectivity index (χ3n) is 4.65. The molecule has 3 rings (SSSR count). The van der Waals surface area contributed by atoms with Gasteiger partial charge in [-0.05, 0) is 54.8 Å². The van der Waals surface area contributed by atoms with Crippen LogP contribution in [0.3, 0.4) is 0 Å². The largest absolute Gasteiger partial charge is 0.322 e. The Bertz CT molecular complexity index is 947. The van der Waals surface area contributed by atoms with Gasteiger partial charge >= 0.3 is 0 Å². The van der Waals surface area contributed by atoms with Gasteiger partial charge in [0.25, 0.3) is 5.91 Å². The molecule has 0 atom stereocenters. The minimum atomic E-state index is -3.31. The van der Waals surface area contributed by atoms with Gasteiger partial charge in [0, 0.05) is 24.3 Å². The Balaban J connectivity index is 0.00000280. The van der Waals surface area contributed by atoms with Gasteiger partial charge in [0.1, 0.15) is 0 Å². The molecule has 0 saturated carbocycles. The Morgan fingerprint density at radius 2 is 1.93 bits per heavy atom. The lowest BCUT2D eigenvalue weighted by Gasteiger charge is -2.29. The third-order valence-corrected chi connectivity index (χ3v) is 5.83. The number of amides is 1. The number of carbonyl (C=O) groups is 1. The Labute approximate surface area is 172 Å². The van der Waals surface area contributed by atoms with E-state index in [0.29, 0.717) is 24.3 Å². The maximum absolute atomic E-state index is 12.7. The molecule has 0 aromatic heterocycles. The van der Waals surface area contributed by atoms with Gasteiger partial charge in [-0.3, -0.25) is 9.10 Å². The zero-order valence-electron chi connectivity index (χ0n) is 16.1. The number of carbonyl (C=O) groups excluding carboxylic acids is 1. The van der Waals surface area contributed by atoms with Crippen LogP contribution in [0.25, 0.3) is 0 Å². The van der Waals surface area contributed by atoms with E-state index in [9.17, 15) is 13.2 Å². The molecule has 0 saturated heterocycles. The molecule has 0 radical (unpaired) electrons. The van der Waals surface area contributed by atoms with Crippen molar-refractivity contribution in [1.82, 2.24) is 5.32 Å². The number of benzene rings is 2. The highest BCUT2D eigenvalue weighted by atomic mass is 35.5. The van der Waals surface area contributed by atoms with Gasteiger partial charge in [0.15, 0.2) is 0 Å². The lowest BCUT2D eigenvalue weighted by atomic mass is 10.0. The first kappa shape index (κ1) is 22.2. The summed E-state index contributed by atoms with van der Waals surface area (Å²) in [4.78, 5) is 12.7. The van der Waals surface area contributed by atoms with Crippen LogP contribution in [-0.2, 0) is 23.0 Å². The molecule has 2 aromatic carbocycles. The smallest absolute Gasteiger partial charge is 0.255 e. The molecule has 8 heteroatoms. The van der Waals surface area contributed by atoms with Crippen LogP contribution in [0.15, 0.2) is 42.5 Å². The quantitative estimate of drug-likeness (QED) is 0.747. The van der Waals surface area contributed by atoms with E-state index in [4.69, 9.17) is 0 Å². The van der Waals surface area contributed by atoms with Crippen LogP contribution >= 0.6 is 12.4 Å². The zero-order chi connectivity index (χ0) is 19.4. The van der Waals surface area contributed by atoms with E-state index in [0.717, 1.165) is 36.2 Å². The Morgan fingerprint density at radius 3 is 2.64 bits per heavy atom. The van der Waals surface area contributed by atoms with E-state index < -0.39 is 10.0 Å². The summed E-state index contributed by atoms with van der Waals surface area (Å²) in [6.45, 7) is 4.05. The summed E-state index contributed by atoms with van der Waals surface area (Å²) in [5, 5.41) is 6.24. The number of nitrogens with one attached hydrogen (secondary N) is 2. The molecule has 0 spiro atoms. The van der Waals surface area contributed by atoms with Crippen molar-refractivity contribution >= 4 is 39.7 Å². The number of para-hydroxylation sites is 1. The molecule has 28 heavy (non-hydrogen) atoms. The van der Waals surface area contributed by atoms with Crippen LogP contribution in [-0.4, -0.2) is 33.7 Å². The van der Waals surface area contributed by atoms with Crippen molar-refractivity contribution in [2.45, 2.75) is 26.3 Å². The van der Waals surface area contributed by atoms with Crippen LogP contribution < -0.4 is 14.9 Å². The van der Waals surface area contributed by atoms with Gasteiger partial charge in [0.2, 0.25) is 10.0 Å². The molecular weight excluding hydrogens is 398 g/mol. The first-order valence-electron chi connectivity index (χ1n) is 9.10. The average molecular weight is 424 g/mol. The summed E-state index contributed by atoms with van der Waals surface area (Å²) in [5.41, 5.74) is 3.89. The van der Waals surface area contributed by atoms with E-state index in [2.05, 4.69) is 10.6 Å². The maximum atomic E-state index is 12.7. The fourth-order valence-electron chi connectivity index (χ4n) is 3.30. The number of sulfonamides is 1. The summed E-state index contributed by atoms with van der Waals surface area (Å²) in [7, 11) is -3.31. The first-order valence-corrected chi connectivity index (χ1v) is 11.0. The Morgan fingerprint density at radius 1 is 1.18 bits per heavy atom. The molecule has 1 aliphatic rings. The van der Waals surface area contributed by atoms with E-state index in [1.165, 1.54) is 10.6 Å². The molecule has 1 aliphatic heterocycles. The van der Waals surface area contributed by atoms with Gasteiger partial charge in [-0.15, -0.1) is 12.4 Å². The zero-order valence-corrected chi connectivity index (χ0v) is 17.7. The van der Waals surface area contributed by atoms with Gasteiger partial charge in [-0.2, -0.15) is 0 Å². The summed E-state index contributed by atoms with van der Waals surface area (Å²) in [6.07, 6.45) is 2.72. The molecule has 0 bridgehead atoms. The summed E-state index contributed by atoms with van der Waals surface area (Å²) >= 11 is 0. The van der Waals surface area contributed by atoms with E-state index >= 15 is 0 Å². The summed E-state index contributed by atoms with van der Waals surface area (Å²) in [5.74, 6) is -0.196.